The molecule has 19 heavy (non-hydrogen) atoms. The Hall–Kier alpha value is -1.32. The maximum atomic E-state index is 9.32. The molecule has 0 aliphatic carbocycles. The second-order valence-electron chi connectivity index (χ2n) is 5.26. The van der Waals surface area contributed by atoms with Crippen molar-refractivity contribution < 1.29 is 14.6 Å². The number of aliphatic hydroxyl groups excluding tert-OH is 1. The summed E-state index contributed by atoms with van der Waals surface area (Å²) < 4.78 is 11.5. The normalized spacial score (nSPS) is 27.3. The molecule has 1 aromatic rings. The van der Waals surface area contributed by atoms with Crippen LogP contribution in [0.15, 0.2) is 36.6 Å². The highest BCUT2D eigenvalue weighted by molar-refractivity contribution is 5.47. The van der Waals surface area contributed by atoms with Crippen LogP contribution >= 0.6 is 0 Å². The van der Waals surface area contributed by atoms with E-state index in [0.717, 1.165) is 12.0 Å². The standard InChI is InChI=1S/C16H22O3/c1-12(2)14-10-15(16(11-17)19-14)18-9-8-13-6-4-3-5-7-13/h3-9,12,14-17H,10-11H2,1-2H3/b9-8+. The molecule has 0 bridgehead atoms. The molecule has 1 fully saturated rings. The van der Waals surface area contributed by atoms with E-state index < -0.39 is 0 Å². The van der Waals surface area contributed by atoms with Crippen molar-refractivity contribution in [1.82, 2.24) is 0 Å². The minimum atomic E-state index is -0.215. The lowest BCUT2D eigenvalue weighted by Crippen LogP contribution is -2.26. The third kappa shape index (κ3) is 3.82. The Bertz CT molecular complexity index is 400. The van der Waals surface area contributed by atoms with Crippen molar-refractivity contribution >= 4 is 6.08 Å². The van der Waals surface area contributed by atoms with E-state index in [9.17, 15) is 5.11 Å². The first kappa shape index (κ1) is 14.1. The Labute approximate surface area is 114 Å². The summed E-state index contributed by atoms with van der Waals surface area (Å²) in [5.41, 5.74) is 1.10. The Morgan fingerprint density at radius 1 is 1.37 bits per heavy atom. The zero-order valence-electron chi connectivity index (χ0n) is 11.5. The predicted molar refractivity (Wildman–Crippen MR) is 75.6 cm³/mol. The molecule has 3 heteroatoms. The number of rotatable bonds is 5. The Balaban J connectivity index is 1.90. The number of ether oxygens (including phenoxy) is 2. The number of hydrogen-bond acceptors (Lipinski definition) is 3. The molecule has 1 heterocycles. The Kier molecular flexibility index (Phi) is 5.00. The molecule has 1 aromatic carbocycles. The van der Waals surface area contributed by atoms with Crippen LogP contribution in [0, 0.1) is 5.92 Å². The van der Waals surface area contributed by atoms with Crippen molar-refractivity contribution in [3.8, 4) is 0 Å². The summed E-state index contributed by atoms with van der Waals surface area (Å²) in [6.45, 7) is 4.26. The summed E-state index contributed by atoms with van der Waals surface area (Å²) in [7, 11) is 0. The third-order valence-electron chi connectivity index (χ3n) is 3.47. The SMILES string of the molecule is CC(C)C1CC(O/C=C/c2ccccc2)C(CO)O1. The lowest BCUT2D eigenvalue weighted by molar-refractivity contribution is -0.0361. The molecule has 3 unspecified atom stereocenters. The molecule has 1 aliphatic heterocycles. The smallest absolute Gasteiger partial charge is 0.129 e. The monoisotopic (exact) mass is 262 g/mol. The van der Waals surface area contributed by atoms with Crippen molar-refractivity contribution in [2.24, 2.45) is 5.92 Å². The summed E-state index contributed by atoms with van der Waals surface area (Å²) >= 11 is 0. The highest BCUT2D eigenvalue weighted by Gasteiger charge is 2.37. The van der Waals surface area contributed by atoms with Crippen LogP contribution in [0.25, 0.3) is 6.08 Å². The van der Waals surface area contributed by atoms with E-state index in [1.54, 1.807) is 6.26 Å². The molecule has 0 radical (unpaired) electrons. The lowest BCUT2D eigenvalue weighted by Gasteiger charge is -2.15. The van der Waals surface area contributed by atoms with Gasteiger partial charge in [0.2, 0.25) is 0 Å². The van der Waals surface area contributed by atoms with Crippen molar-refractivity contribution in [1.29, 1.82) is 0 Å². The molecule has 2 rings (SSSR count). The first-order valence-corrected chi connectivity index (χ1v) is 6.84. The van der Waals surface area contributed by atoms with Crippen molar-refractivity contribution in [3.05, 3.63) is 42.2 Å². The van der Waals surface area contributed by atoms with Crippen molar-refractivity contribution in [2.45, 2.75) is 38.6 Å². The van der Waals surface area contributed by atoms with E-state index in [1.165, 1.54) is 0 Å². The molecule has 1 saturated heterocycles. The fraction of sp³-hybridized carbons (Fsp3) is 0.500. The van der Waals surface area contributed by atoms with Gasteiger partial charge in [-0.2, -0.15) is 0 Å². The quantitative estimate of drug-likeness (QED) is 0.829. The molecule has 104 valence electrons. The van der Waals surface area contributed by atoms with Crippen LogP contribution in [0.3, 0.4) is 0 Å². The van der Waals surface area contributed by atoms with Gasteiger partial charge in [0.05, 0.1) is 19.0 Å². The molecule has 1 N–H and O–H groups in total. The molecular formula is C16H22O3. The lowest BCUT2D eigenvalue weighted by atomic mass is 10.0. The van der Waals surface area contributed by atoms with Gasteiger partial charge in [-0.3, -0.25) is 0 Å². The first-order valence-electron chi connectivity index (χ1n) is 6.84. The molecule has 0 amide bonds. The number of benzene rings is 1. The fourth-order valence-corrected chi connectivity index (χ4v) is 2.26. The van der Waals surface area contributed by atoms with E-state index >= 15 is 0 Å². The minimum Gasteiger partial charge on any atom is -0.495 e. The number of hydrogen-bond donors (Lipinski definition) is 1. The molecule has 1 aliphatic rings. The largest absolute Gasteiger partial charge is 0.495 e. The van der Waals surface area contributed by atoms with E-state index in [2.05, 4.69) is 13.8 Å². The fourth-order valence-electron chi connectivity index (χ4n) is 2.26. The van der Waals surface area contributed by atoms with Gasteiger partial charge in [-0.05, 0) is 17.6 Å². The Morgan fingerprint density at radius 2 is 2.11 bits per heavy atom. The van der Waals surface area contributed by atoms with Gasteiger partial charge in [0.15, 0.2) is 0 Å². The molecular weight excluding hydrogens is 240 g/mol. The van der Waals surface area contributed by atoms with Crippen LogP contribution in [0.1, 0.15) is 25.8 Å². The van der Waals surface area contributed by atoms with Gasteiger partial charge in [0, 0.05) is 6.42 Å². The molecule has 3 nitrogen and oxygen atoms in total. The van der Waals surface area contributed by atoms with E-state index in [4.69, 9.17) is 9.47 Å². The molecule has 0 saturated carbocycles. The second kappa shape index (κ2) is 6.73. The maximum Gasteiger partial charge on any atom is 0.129 e. The minimum absolute atomic E-state index is 0.00701. The van der Waals surface area contributed by atoms with Gasteiger partial charge in [-0.25, -0.2) is 0 Å². The Morgan fingerprint density at radius 3 is 2.74 bits per heavy atom. The van der Waals surface area contributed by atoms with Crippen molar-refractivity contribution in [3.63, 3.8) is 0 Å². The van der Waals surface area contributed by atoms with E-state index in [1.807, 2.05) is 36.4 Å². The topological polar surface area (TPSA) is 38.7 Å². The predicted octanol–water partition coefficient (Wildman–Crippen LogP) is 2.85. The van der Waals surface area contributed by atoms with Gasteiger partial charge in [0.25, 0.3) is 0 Å². The molecule has 0 spiro atoms. The maximum absolute atomic E-state index is 9.32. The second-order valence-corrected chi connectivity index (χ2v) is 5.26. The van der Waals surface area contributed by atoms with Crippen LogP contribution in [-0.4, -0.2) is 30.0 Å². The van der Waals surface area contributed by atoms with Gasteiger partial charge in [0.1, 0.15) is 12.2 Å². The summed E-state index contributed by atoms with van der Waals surface area (Å²) in [4.78, 5) is 0. The van der Waals surface area contributed by atoms with Crippen LogP contribution in [0.4, 0.5) is 0 Å². The average Bonchev–Trinajstić information content (AvgIpc) is 2.83. The first-order chi connectivity index (χ1) is 9.20. The van der Waals surface area contributed by atoms with Gasteiger partial charge < -0.3 is 14.6 Å². The molecule has 0 aromatic heterocycles. The third-order valence-corrected chi connectivity index (χ3v) is 3.47. The van der Waals surface area contributed by atoms with Gasteiger partial charge >= 0.3 is 0 Å². The van der Waals surface area contributed by atoms with Gasteiger partial charge in [-0.1, -0.05) is 44.2 Å². The summed E-state index contributed by atoms with van der Waals surface area (Å²) in [6, 6.07) is 10.0. The van der Waals surface area contributed by atoms with Crippen LogP contribution in [0.5, 0.6) is 0 Å². The highest BCUT2D eigenvalue weighted by atomic mass is 16.6. The number of aliphatic hydroxyl groups is 1. The summed E-state index contributed by atoms with van der Waals surface area (Å²) in [5.74, 6) is 0.445. The van der Waals surface area contributed by atoms with Crippen LogP contribution in [0.2, 0.25) is 0 Å². The van der Waals surface area contributed by atoms with Gasteiger partial charge in [-0.15, -0.1) is 0 Å². The zero-order valence-corrected chi connectivity index (χ0v) is 11.5. The van der Waals surface area contributed by atoms with Crippen LogP contribution < -0.4 is 0 Å². The van der Waals surface area contributed by atoms with E-state index in [0.29, 0.717) is 5.92 Å². The molecule has 3 atom stereocenters. The van der Waals surface area contributed by atoms with Crippen molar-refractivity contribution in [2.75, 3.05) is 6.61 Å². The zero-order chi connectivity index (χ0) is 13.7. The highest BCUT2D eigenvalue weighted by Crippen LogP contribution is 2.28. The van der Waals surface area contributed by atoms with Crippen LogP contribution in [-0.2, 0) is 9.47 Å². The average molecular weight is 262 g/mol. The summed E-state index contributed by atoms with van der Waals surface area (Å²) in [5, 5.41) is 9.32. The van der Waals surface area contributed by atoms with E-state index in [-0.39, 0.29) is 24.9 Å². The summed E-state index contributed by atoms with van der Waals surface area (Å²) in [6.07, 6.45) is 4.37.